The van der Waals surface area contributed by atoms with Gasteiger partial charge in [-0.3, -0.25) is 9.59 Å². The van der Waals surface area contributed by atoms with Crippen molar-refractivity contribution in [3.8, 4) is 0 Å². The van der Waals surface area contributed by atoms with Crippen LogP contribution in [0, 0.1) is 0 Å². The minimum absolute atomic E-state index is 0.194. The number of benzene rings is 1. The quantitative estimate of drug-likeness (QED) is 0.609. The molecule has 2 rings (SSSR count). The fourth-order valence-electron chi connectivity index (χ4n) is 2.45. The summed E-state index contributed by atoms with van der Waals surface area (Å²) in [6.45, 7) is 3.62. The Bertz CT molecular complexity index is 613. The summed E-state index contributed by atoms with van der Waals surface area (Å²) >= 11 is 5.84. The molecular formula is C17H19ClN2O3. The lowest BCUT2D eigenvalue weighted by Crippen LogP contribution is -2.50. The highest BCUT2D eigenvalue weighted by Crippen LogP contribution is 2.13. The van der Waals surface area contributed by atoms with E-state index in [4.69, 9.17) is 11.6 Å². The van der Waals surface area contributed by atoms with Crippen LogP contribution in [0.3, 0.4) is 0 Å². The van der Waals surface area contributed by atoms with Gasteiger partial charge in [-0.25, -0.2) is 0 Å². The first kappa shape index (κ1) is 17.2. The number of amides is 2. The van der Waals surface area contributed by atoms with Gasteiger partial charge in [0.15, 0.2) is 0 Å². The summed E-state index contributed by atoms with van der Waals surface area (Å²) in [5, 5.41) is 12.9. The third-order valence-corrected chi connectivity index (χ3v) is 3.90. The average molecular weight is 335 g/mol. The second-order valence-corrected chi connectivity index (χ2v) is 5.72. The first-order valence-electron chi connectivity index (χ1n) is 7.30. The monoisotopic (exact) mass is 334 g/mol. The highest BCUT2D eigenvalue weighted by atomic mass is 35.5. The van der Waals surface area contributed by atoms with Crippen LogP contribution in [0.4, 0.5) is 0 Å². The van der Waals surface area contributed by atoms with Crippen LogP contribution in [0.1, 0.15) is 5.56 Å². The molecule has 1 aromatic carbocycles. The Morgan fingerprint density at radius 2 is 2.13 bits per heavy atom. The number of nitrogens with zero attached hydrogens (tertiary/aromatic N) is 1. The molecule has 0 saturated heterocycles. The molecule has 1 unspecified atom stereocenters. The number of carbonyl (C=O) groups is 2. The minimum Gasteiger partial charge on any atom is -0.394 e. The molecule has 0 aliphatic carbocycles. The molecule has 2 N–H and O–H groups in total. The molecular weight excluding hydrogens is 316 g/mol. The number of halogens is 1. The Morgan fingerprint density at radius 3 is 2.74 bits per heavy atom. The number of carbonyl (C=O) groups excluding carboxylic acids is 2. The van der Waals surface area contributed by atoms with E-state index < -0.39 is 12.1 Å². The van der Waals surface area contributed by atoms with Crippen molar-refractivity contribution in [3.05, 3.63) is 59.7 Å². The largest absolute Gasteiger partial charge is 0.394 e. The maximum absolute atomic E-state index is 12.4. The summed E-state index contributed by atoms with van der Waals surface area (Å²) in [5.41, 5.74) is 0.953. The molecule has 0 bridgehead atoms. The topological polar surface area (TPSA) is 69.6 Å². The molecule has 2 atom stereocenters. The van der Waals surface area contributed by atoms with Crippen LogP contribution in [-0.4, -0.2) is 47.1 Å². The molecule has 1 aliphatic rings. The number of nitrogens with one attached hydrogen (secondary N) is 1. The summed E-state index contributed by atoms with van der Waals surface area (Å²) in [5.74, 6) is -0.615. The lowest BCUT2D eigenvalue weighted by atomic mass is 10.1. The highest BCUT2D eigenvalue weighted by molar-refractivity contribution is 6.30. The second kappa shape index (κ2) is 7.94. The summed E-state index contributed by atoms with van der Waals surface area (Å²) in [4.78, 5) is 25.5. The fraction of sp³-hybridized carbons (Fsp3) is 0.294. The van der Waals surface area contributed by atoms with Gasteiger partial charge in [0.25, 0.3) is 0 Å². The Morgan fingerprint density at radius 1 is 1.43 bits per heavy atom. The standard InChI is InChI=1S/C17H19ClN2O3/c1-2-16(22)20-9-3-4-15(20)17(23)19-14(11-21)10-12-5-7-13(18)8-6-12/h2-8,14-15,21H,1,9-11H2,(H,19,23)/t14?,15-/m0/s1. The molecule has 5 nitrogen and oxygen atoms in total. The van der Waals surface area contributed by atoms with Crippen LogP contribution in [0.25, 0.3) is 0 Å². The van der Waals surface area contributed by atoms with Crippen molar-refractivity contribution in [1.29, 1.82) is 0 Å². The van der Waals surface area contributed by atoms with E-state index in [1.807, 2.05) is 12.1 Å². The average Bonchev–Trinajstić information content (AvgIpc) is 3.05. The number of aliphatic hydroxyl groups is 1. The van der Waals surface area contributed by atoms with Crippen molar-refractivity contribution in [1.82, 2.24) is 10.2 Å². The maximum Gasteiger partial charge on any atom is 0.247 e. The van der Waals surface area contributed by atoms with Gasteiger partial charge in [-0.05, 0) is 30.2 Å². The summed E-state index contributed by atoms with van der Waals surface area (Å²) in [6, 6.07) is 6.12. The van der Waals surface area contributed by atoms with Crippen molar-refractivity contribution in [2.75, 3.05) is 13.2 Å². The van der Waals surface area contributed by atoms with Gasteiger partial charge in [-0.15, -0.1) is 0 Å². The molecule has 0 fully saturated rings. The SMILES string of the molecule is C=CC(=O)N1CC=C[C@H]1C(=O)NC(CO)Cc1ccc(Cl)cc1. The predicted molar refractivity (Wildman–Crippen MR) is 89.0 cm³/mol. The van der Waals surface area contributed by atoms with Crippen molar-refractivity contribution < 1.29 is 14.7 Å². The third-order valence-electron chi connectivity index (χ3n) is 3.64. The molecule has 2 amide bonds. The van der Waals surface area contributed by atoms with Crippen LogP contribution < -0.4 is 5.32 Å². The number of hydrogen-bond donors (Lipinski definition) is 2. The molecule has 122 valence electrons. The van der Waals surface area contributed by atoms with Gasteiger partial charge < -0.3 is 15.3 Å². The fourth-order valence-corrected chi connectivity index (χ4v) is 2.57. The van der Waals surface area contributed by atoms with E-state index in [-0.39, 0.29) is 18.4 Å². The third kappa shape index (κ3) is 4.43. The molecule has 0 radical (unpaired) electrons. The summed E-state index contributed by atoms with van der Waals surface area (Å²) in [6.07, 6.45) is 5.10. The number of hydrogen-bond acceptors (Lipinski definition) is 3. The molecule has 1 aliphatic heterocycles. The normalized spacial score (nSPS) is 17.8. The van der Waals surface area contributed by atoms with Gasteiger partial charge in [-0.1, -0.05) is 42.5 Å². The summed E-state index contributed by atoms with van der Waals surface area (Å²) in [7, 11) is 0. The van der Waals surface area contributed by atoms with Crippen molar-refractivity contribution in [3.63, 3.8) is 0 Å². The molecule has 23 heavy (non-hydrogen) atoms. The second-order valence-electron chi connectivity index (χ2n) is 5.29. The molecule has 1 heterocycles. The zero-order chi connectivity index (χ0) is 16.8. The predicted octanol–water partition coefficient (Wildman–Crippen LogP) is 1.31. The lowest BCUT2D eigenvalue weighted by Gasteiger charge is -2.25. The molecule has 1 aromatic rings. The van der Waals surface area contributed by atoms with Gasteiger partial charge in [0, 0.05) is 11.6 Å². The smallest absolute Gasteiger partial charge is 0.247 e. The zero-order valence-electron chi connectivity index (χ0n) is 12.6. The first-order chi connectivity index (χ1) is 11.0. The van der Waals surface area contributed by atoms with Crippen LogP contribution in [-0.2, 0) is 16.0 Å². The Hall–Kier alpha value is -2.11. The van der Waals surface area contributed by atoms with Crippen LogP contribution >= 0.6 is 11.6 Å². The van der Waals surface area contributed by atoms with Gasteiger partial charge in [0.1, 0.15) is 6.04 Å². The van der Waals surface area contributed by atoms with Crippen LogP contribution in [0.2, 0.25) is 5.02 Å². The van der Waals surface area contributed by atoms with Crippen LogP contribution in [0.15, 0.2) is 49.1 Å². The molecule has 0 aromatic heterocycles. The lowest BCUT2D eigenvalue weighted by molar-refractivity contribution is -0.134. The van der Waals surface area contributed by atoms with E-state index >= 15 is 0 Å². The van der Waals surface area contributed by atoms with Gasteiger partial charge in [0.05, 0.1) is 12.6 Å². The first-order valence-corrected chi connectivity index (χ1v) is 7.68. The Labute approximate surface area is 140 Å². The highest BCUT2D eigenvalue weighted by Gasteiger charge is 2.30. The van der Waals surface area contributed by atoms with E-state index in [1.54, 1.807) is 24.3 Å². The molecule has 0 saturated carbocycles. The molecule has 0 spiro atoms. The Balaban J connectivity index is 1.99. The van der Waals surface area contributed by atoms with Crippen LogP contribution in [0.5, 0.6) is 0 Å². The van der Waals surface area contributed by atoms with Gasteiger partial charge in [-0.2, -0.15) is 0 Å². The van der Waals surface area contributed by atoms with Gasteiger partial charge >= 0.3 is 0 Å². The van der Waals surface area contributed by atoms with Gasteiger partial charge in [0.2, 0.25) is 11.8 Å². The van der Waals surface area contributed by atoms with E-state index in [9.17, 15) is 14.7 Å². The Kier molecular flexibility index (Phi) is 5.96. The number of aliphatic hydroxyl groups excluding tert-OH is 1. The zero-order valence-corrected chi connectivity index (χ0v) is 13.4. The van der Waals surface area contributed by atoms with Crippen molar-refractivity contribution >= 4 is 23.4 Å². The van der Waals surface area contributed by atoms with E-state index in [1.165, 1.54) is 11.0 Å². The summed E-state index contributed by atoms with van der Waals surface area (Å²) < 4.78 is 0. The van der Waals surface area contributed by atoms with E-state index in [0.717, 1.165) is 5.56 Å². The van der Waals surface area contributed by atoms with E-state index in [2.05, 4.69) is 11.9 Å². The maximum atomic E-state index is 12.4. The van der Waals surface area contributed by atoms with Crippen molar-refractivity contribution in [2.24, 2.45) is 0 Å². The van der Waals surface area contributed by atoms with E-state index in [0.29, 0.717) is 18.0 Å². The number of rotatable bonds is 6. The molecule has 6 heteroatoms. The van der Waals surface area contributed by atoms with Crippen molar-refractivity contribution in [2.45, 2.75) is 18.5 Å². The minimum atomic E-state index is -0.667.